The molecule has 116 valence electrons. The summed E-state index contributed by atoms with van der Waals surface area (Å²) in [6.45, 7) is 0.453. The number of likely N-dealkylation sites (N-methyl/N-ethyl adjacent to an activating group) is 1. The topological polar surface area (TPSA) is 33.5 Å². The number of hydrogen-bond donors (Lipinski definition) is 0. The Kier molecular flexibility index (Phi) is 4.01. The van der Waals surface area contributed by atoms with Crippen molar-refractivity contribution in [1.82, 2.24) is 4.90 Å². The molecular formula is C18H20FNO2. The van der Waals surface area contributed by atoms with E-state index >= 15 is 0 Å². The molecule has 0 atom stereocenters. The van der Waals surface area contributed by atoms with Gasteiger partial charge in [-0.05, 0) is 42.7 Å². The number of hydrogen-bond acceptors (Lipinski definition) is 2. The minimum Gasteiger partial charge on any atom is -0.467 e. The Hall–Kier alpha value is -2.10. The fourth-order valence-corrected chi connectivity index (χ4v) is 3.45. The van der Waals surface area contributed by atoms with Crippen LogP contribution in [-0.2, 0) is 16.8 Å². The van der Waals surface area contributed by atoms with Gasteiger partial charge in [-0.2, -0.15) is 0 Å². The van der Waals surface area contributed by atoms with Gasteiger partial charge in [-0.15, -0.1) is 0 Å². The lowest BCUT2D eigenvalue weighted by Gasteiger charge is -2.32. The monoisotopic (exact) mass is 301 g/mol. The van der Waals surface area contributed by atoms with E-state index in [-0.39, 0.29) is 11.7 Å². The van der Waals surface area contributed by atoms with E-state index in [1.807, 2.05) is 12.1 Å². The van der Waals surface area contributed by atoms with Crippen LogP contribution in [0.2, 0.25) is 0 Å². The Balaban J connectivity index is 1.86. The van der Waals surface area contributed by atoms with Gasteiger partial charge in [0.1, 0.15) is 11.6 Å². The SMILES string of the molecule is CN(Cc1ccco1)C(=O)C1(c2ccc(F)cc2)CCCC1. The Labute approximate surface area is 129 Å². The van der Waals surface area contributed by atoms with Crippen molar-refractivity contribution in [2.75, 3.05) is 7.05 Å². The molecule has 0 aliphatic heterocycles. The lowest BCUT2D eigenvalue weighted by atomic mass is 9.77. The fraction of sp³-hybridized carbons (Fsp3) is 0.389. The van der Waals surface area contributed by atoms with Gasteiger partial charge in [-0.1, -0.05) is 25.0 Å². The van der Waals surface area contributed by atoms with Crippen molar-refractivity contribution in [2.45, 2.75) is 37.6 Å². The first-order chi connectivity index (χ1) is 10.6. The summed E-state index contributed by atoms with van der Waals surface area (Å²) in [6.07, 6.45) is 5.30. The average molecular weight is 301 g/mol. The second-order valence-corrected chi connectivity index (χ2v) is 6.04. The molecule has 0 bridgehead atoms. The van der Waals surface area contributed by atoms with Crippen LogP contribution in [0, 0.1) is 5.82 Å². The van der Waals surface area contributed by atoms with Crippen molar-refractivity contribution in [3.8, 4) is 0 Å². The van der Waals surface area contributed by atoms with Gasteiger partial charge in [-0.25, -0.2) is 4.39 Å². The molecule has 0 N–H and O–H groups in total. The van der Waals surface area contributed by atoms with Gasteiger partial charge in [0.15, 0.2) is 0 Å². The van der Waals surface area contributed by atoms with E-state index in [9.17, 15) is 9.18 Å². The van der Waals surface area contributed by atoms with Crippen LogP contribution < -0.4 is 0 Å². The summed E-state index contributed by atoms with van der Waals surface area (Å²) in [5, 5.41) is 0. The highest BCUT2D eigenvalue weighted by atomic mass is 19.1. The maximum absolute atomic E-state index is 13.2. The van der Waals surface area contributed by atoms with Crippen LogP contribution in [-0.4, -0.2) is 17.9 Å². The van der Waals surface area contributed by atoms with Crippen LogP contribution in [0.4, 0.5) is 4.39 Å². The summed E-state index contributed by atoms with van der Waals surface area (Å²) in [4.78, 5) is 14.8. The van der Waals surface area contributed by atoms with Crippen molar-refractivity contribution in [3.05, 3.63) is 59.8 Å². The van der Waals surface area contributed by atoms with Gasteiger partial charge in [-0.3, -0.25) is 4.79 Å². The molecule has 3 nitrogen and oxygen atoms in total. The predicted molar refractivity (Wildman–Crippen MR) is 81.7 cm³/mol. The third-order valence-corrected chi connectivity index (χ3v) is 4.58. The number of halogens is 1. The number of rotatable bonds is 4. The molecule has 1 aromatic carbocycles. The van der Waals surface area contributed by atoms with E-state index in [1.165, 1.54) is 12.1 Å². The van der Waals surface area contributed by atoms with Crippen molar-refractivity contribution in [1.29, 1.82) is 0 Å². The summed E-state index contributed by atoms with van der Waals surface area (Å²) < 4.78 is 18.5. The van der Waals surface area contributed by atoms with Crippen LogP contribution in [0.15, 0.2) is 47.1 Å². The highest BCUT2D eigenvalue weighted by Gasteiger charge is 2.44. The maximum atomic E-state index is 13.2. The van der Waals surface area contributed by atoms with E-state index in [0.29, 0.717) is 6.54 Å². The van der Waals surface area contributed by atoms with E-state index in [2.05, 4.69) is 0 Å². The Morgan fingerprint density at radius 2 is 1.91 bits per heavy atom. The Morgan fingerprint density at radius 3 is 2.50 bits per heavy atom. The molecule has 0 spiro atoms. The van der Waals surface area contributed by atoms with Crippen molar-refractivity contribution in [2.24, 2.45) is 0 Å². The molecule has 22 heavy (non-hydrogen) atoms. The van der Waals surface area contributed by atoms with Crippen LogP contribution in [0.3, 0.4) is 0 Å². The largest absolute Gasteiger partial charge is 0.467 e. The van der Waals surface area contributed by atoms with E-state index in [1.54, 1.807) is 30.3 Å². The zero-order valence-electron chi connectivity index (χ0n) is 12.7. The highest BCUT2D eigenvalue weighted by molar-refractivity contribution is 5.88. The molecule has 2 aromatic rings. The maximum Gasteiger partial charge on any atom is 0.233 e. The lowest BCUT2D eigenvalue weighted by Crippen LogP contribution is -2.43. The van der Waals surface area contributed by atoms with Crippen molar-refractivity contribution < 1.29 is 13.6 Å². The zero-order chi connectivity index (χ0) is 15.6. The lowest BCUT2D eigenvalue weighted by molar-refractivity contribution is -0.136. The third kappa shape index (κ3) is 2.65. The predicted octanol–water partition coefficient (Wildman–Crippen LogP) is 3.89. The summed E-state index contributed by atoms with van der Waals surface area (Å²) >= 11 is 0. The van der Waals surface area contributed by atoms with E-state index < -0.39 is 5.41 Å². The zero-order valence-corrected chi connectivity index (χ0v) is 12.7. The van der Waals surface area contributed by atoms with Gasteiger partial charge >= 0.3 is 0 Å². The molecule has 1 heterocycles. The fourth-order valence-electron chi connectivity index (χ4n) is 3.45. The van der Waals surface area contributed by atoms with Crippen molar-refractivity contribution >= 4 is 5.91 Å². The Morgan fingerprint density at radius 1 is 1.23 bits per heavy atom. The molecule has 1 aromatic heterocycles. The molecule has 1 saturated carbocycles. The number of carbonyl (C=O) groups is 1. The number of amides is 1. The number of furan rings is 1. The van der Waals surface area contributed by atoms with Gasteiger partial charge in [0, 0.05) is 7.05 Å². The quantitative estimate of drug-likeness (QED) is 0.858. The highest BCUT2D eigenvalue weighted by Crippen LogP contribution is 2.42. The standard InChI is InChI=1S/C18H20FNO2/c1-20(13-16-5-4-12-22-16)17(21)18(10-2-3-11-18)14-6-8-15(19)9-7-14/h4-9,12H,2-3,10-11,13H2,1H3. The van der Waals surface area contributed by atoms with E-state index in [4.69, 9.17) is 4.42 Å². The number of benzene rings is 1. The van der Waals surface area contributed by atoms with Gasteiger partial charge in [0.05, 0.1) is 18.2 Å². The molecule has 4 heteroatoms. The second kappa shape index (κ2) is 5.95. The molecule has 0 unspecified atom stereocenters. The number of carbonyl (C=O) groups excluding carboxylic acids is 1. The molecule has 1 aliphatic rings. The minimum absolute atomic E-state index is 0.0907. The van der Waals surface area contributed by atoms with Crippen LogP contribution in [0.1, 0.15) is 37.0 Å². The normalized spacial score (nSPS) is 16.6. The van der Waals surface area contributed by atoms with Gasteiger partial charge in [0.25, 0.3) is 0 Å². The van der Waals surface area contributed by atoms with Crippen LogP contribution in [0.5, 0.6) is 0 Å². The first kappa shape index (κ1) is 14.8. The van der Waals surface area contributed by atoms with Gasteiger partial charge in [0.2, 0.25) is 5.91 Å². The molecule has 1 amide bonds. The average Bonchev–Trinajstić information content (AvgIpc) is 3.19. The summed E-state index contributed by atoms with van der Waals surface area (Å²) in [5.41, 5.74) is 0.400. The Bertz CT molecular complexity index is 628. The van der Waals surface area contributed by atoms with Crippen molar-refractivity contribution in [3.63, 3.8) is 0 Å². The minimum atomic E-state index is -0.519. The molecule has 3 rings (SSSR count). The summed E-state index contributed by atoms with van der Waals surface area (Å²) in [7, 11) is 1.80. The first-order valence-corrected chi connectivity index (χ1v) is 7.66. The van der Waals surface area contributed by atoms with Crippen LogP contribution >= 0.6 is 0 Å². The molecule has 1 fully saturated rings. The van der Waals surface area contributed by atoms with Gasteiger partial charge < -0.3 is 9.32 Å². The smallest absolute Gasteiger partial charge is 0.233 e. The molecule has 0 saturated heterocycles. The molecule has 1 aliphatic carbocycles. The summed E-state index contributed by atoms with van der Waals surface area (Å²) in [5.74, 6) is 0.587. The molecular weight excluding hydrogens is 281 g/mol. The van der Waals surface area contributed by atoms with E-state index in [0.717, 1.165) is 37.0 Å². The molecule has 0 radical (unpaired) electrons. The number of nitrogens with zero attached hydrogens (tertiary/aromatic N) is 1. The third-order valence-electron chi connectivity index (χ3n) is 4.58. The van der Waals surface area contributed by atoms with Crippen LogP contribution in [0.25, 0.3) is 0 Å². The summed E-state index contributed by atoms with van der Waals surface area (Å²) in [6, 6.07) is 10.1. The second-order valence-electron chi connectivity index (χ2n) is 6.04. The first-order valence-electron chi connectivity index (χ1n) is 7.66.